The molecule has 0 aliphatic carbocycles. The van der Waals surface area contributed by atoms with Crippen LogP contribution in [0.2, 0.25) is 0 Å². The lowest BCUT2D eigenvalue weighted by Gasteiger charge is -2.02. The van der Waals surface area contributed by atoms with Crippen molar-refractivity contribution in [1.82, 2.24) is 0 Å². The number of aryl methyl sites for hydroxylation is 1. The van der Waals surface area contributed by atoms with E-state index < -0.39 is 6.10 Å². The van der Waals surface area contributed by atoms with Crippen LogP contribution in [0.5, 0.6) is 5.75 Å². The van der Waals surface area contributed by atoms with Crippen molar-refractivity contribution in [1.29, 1.82) is 0 Å². The number of aliphatic hydroxyl groups is 1. The summed E-state index contributed by atoms with van der Waals surface area (Å²) in [6.07, 6.45) is -0.598. The predicted molar refractivity (Wildman–Crippen MR) is 41.6 cm³/mol. The van der Waals surface area contributed by atoms with Gasteiger partial charge < -0.3 is 9.84 Å². The number of rotatable bonds is 0. The molecular formula is C9H9FO2. The molecule has 0 amide bonds. The number of ether oxygens (including phenoxy) is 1. The molecule has 3 heteroatoms. The molecule has 0 radical (unpaired) electrons. The molecule has 0 saturated heterocycles. The standard InChI is InChI=1S/C9H9FO2/c1-5-2-6-8(11)4-12-9(6)3-7(5)10/h2-3,8,11H,4H2,1H3. The SMILES string of the molecule is Cc1cc2c(cc1F)OCC2O. The van der Waals surface area contributed by atoms with Crippen LogP contribution >= 0.6 is 0 Å². The maximum absolute atomic E-state index is 12.9. The fourth-order valence-corrected chi connectivity index (χ4v) is 1.33. The molecule has 1 aromatic rings. The van der Waals surface area contributed by atoms with Gasteiger partial charge in [0.2, 0.25) is 0 Å². The minimum Gasteiger partial charge on any atom is -0.490 e. The van der Waals surface area contributed by atoms with Crippen LogP contribution in [0.1, 0.15) is 17.2 Å². The molecule has 1 aliphatic heterocycles. The van der Waals surface area contributed by atoms with Crippen LogP contribution in [0.4, 0.5) is 4.39 Å². The van der Waals surface area contributed by atoms with Gasteiger partial charge in [0, 0.05) is 11.6 Å². The topological polar surface area (TPSA) is 29.5 Å². The molecule has 12 heavy (non-hydrogen) atoms. The highest BCUT2D eigenvalue weighted by atomic mass is 19.1. The van der Waals surface area contributed by atoms with E-state index in [9.17, 15) is 9.50 Å². The first kappa shape index (κ1) is 7.55. The van der Waals surface area contributed by atoms with Gasteiger partial charge in [0.05, 0.1) is 0 Å². The van der Waals surface area contributed by atoms with Gasteiger partial charge in [-0.25, -0.2) is 4.39 Å². The van der Waals surface area contributed by atoms with Crippen LogP contribution in [0.3, 0.4) is 0 Å². The van der Waals surface area contributed by atoms with Crippen LogP contribution in [0.15, 0.2) is 12.1 Å². The van der Waals surface area contributed by atoms with Crippen LogP contribution in [0.25, 0.3) is 0 Å². The Morgan fingerprint density at radius 3 is 3.08 bits per heavy atom. The number of aliphatic hydroxyl groups excluding tert-OH is 1. The Morgan fingerprint density at radius 2 is 2.33 bits per heavy atom. The molecule has 64 valence electrons. The van der Waals surface area contributed by atoms with Gasteiger partial charge in [0.15, 0.2) is 0 Å². The number of hydrogen-bond donors (Lipinski definition) is 1. The summed E-state index contributed by atoms with van der Waals surface area (Å²) in [7, 11) is 0. The van der Waals surface area contributed by atoms with E-state index in [2.05, 4.69) is 0 Å². The molecule has 2 nitrogen and oxygen atoms in total. The summed E-state index contributed by atoms with van der Waals surface area (Å²) >= 11 is 0. The summed E-state index contributed by atoms with van der Waals surface area (Å²) in [4.78, 5) is 0. The molecular weight excluding hydrogens is 159 g/mol. The molecule has 1 atom stereocenters. The summed E-state index contributed by atoms with van der Waals surface area (Å²) in [5.41, 5.74) is 1.23. The zero-order valence-electron chi connectivity index (χ0n) is 6.67. The first-order valence-corrected chi connectivity index (χ1v) is 3.79. The van der Waals surface area contributed by atoms with Crippen LogP contribution in [-0.2, 0) is 0 Å². The molecule has 1 unspecified atom stereocenters. The lowest BCUT2D eigenvalue weighted by Crippen LogP contribution is -1.97. The van der Waals surface area contributed by atoms with Crippen molar-refractivity contribution < 1.29 is 14.2 Å². The Labute approximate surface area is 69.6 Å². The summed E-state index contributed by atoms with van der Waals surface area (Å²) in [6.45, 7) is 1.90. The first-order chi connectivity index (χ1) is 5.68. The highest BCUT2D eigenvalue weighted by molar-refractivity contribution is 5.41. The predicted octanol–water partition coefficient (Wildman–Crippen LogP) is 1.56. The van der Waals surface area contributed by atoms with E-state index >= 15 is 0 Å². The lowest BCUT2D eigenvalue weighted by atomic mass is 10.1. The fraction of sp³-hybridized carbons (Fsp3) is 0.333. The highest BCUT2D eigenvalue weighted by Crippen LogP contribution is 2.33. The number of benzene rings is 1. The van der Waals surface area contributed by atoms with Crippen molar-refractivity contribution in [3.8, 4) is 5.75 Å². The Bertz CT molecular complexity index is 323. The molecule has 0 aromatic heterocycles. The largest absolute Gasteiger partial charge is 0.490 e. The maximum Gasteiger partial charge on any atom is 0.129 e. The van der Waals surface area contributed by atoms with E-state index in [1.807, 2.05) is 0 Å². The minimum atomic E-state index is -0.598. The molecule has 1 aliphatic rings. The van der Waals surface area contributed by atoms with Gasteiger partial charge >= 0.3 is 0 Å². The van der Waals surface area contributed by atoms with Crippen molar-refractivity contribution in [3.05, 3.63) is 29.1 Å². The zero-order valence-corrected chi connectivity index (χ0v) is 6.67. The lowest BCUT2D eigenvalue weighted by molar-refractivity contribution is 0.140. The molecule has 1 aromatic carbocycles. The molecule has 0 saturated carbocycles. The number of fused-ring (bicyclic) bond motifs is 1. The average molecular weight is 168 g/mol. The van der Waals surface area contributed by atoms with Gasteiger partial charge in [0.1, 0.15) is 24.3 Å². The van der Waals surface area contributed by atoms with Gasteiger partial charge in [0.25, 0.3) is 0 Å². The van der Waals surface area contributed by atoms with Crippen molar-refractivity contribution in [2.24, 2.45) is 0 Å². The van der Waals surface area contributed by atoms with Gasteiger partial charge in [-0.05, 0) is 18.6 Å². The number of hydrogen-bond acceptors (Lipinski definition) is 2. The third kappa shape index (κ3) is 0.975. The second-order valence-electron chi connectivity index (χ2n) is 2.97. The van der Waals surface area contributed by atoms with Crippen molar-refractivity contribution >= 4 is 0 Å². The third-order valence-corrected chi connectivity index (χ3v) is 2.05. The Morgan fingerprint density at radius 1 is 1.58 bits per heavy atom. The molecule has 0 fully saturated rings. The van der Waals surface area contributed by atoms with Gasteiger partial charge in [-0.1, -0.05) is 0 Å². The monoisotopic (exact) mass is 168 g/mol. The third-order valence-electron chi connectivity index (χ3n) is 2.05. The highest BCUT2D eigenvalue weighted by Gasteiger charge is 2.22. The first-order valence-electron chi connectivity index (χ1n) is 3.79. The van der Waals surface area contributed by atoms with Crippen molar-refractivity contribution in [3.63, 3.8) is 0 Å². The van der Waals surface area contributed by atoms with E-state index in [4.69, 9.17) is 4.74 Å². The molecule has 1 heterocycles. The maximum atomic E-state index is 12.9. The fourth-order valence-electron chi connectivity index (χ4n) is 1.33. The zero-order chi connectivity index (χ0) is 8.72. The molecule has 2 rings (SSSR count). The van der Waals surface area contributed by atoms with Crippen LogP contribution < -0.4 is 4.74 Å². The normalized spacial score (nSPS) is 20.4. The summed E-state index contributed by atoms with van der Waals surface area (Å²) in [5.74, 6) is 0.174. The van der Waals surface area contributed by atoms with Gasteiger partial charge in [-0.2, -0.15) is 0 Å². The van der Waals surface area contributed by atoms with E-state index in [1.165, 1.54) is 6.07 Å². The van der Waals surface area contributed by atoms with E-state index in [0.717, 1.165) is 0 Å². The van der Waals surface area contributed by atoms with Crippen LogP contribution in [-0.4, -0.2) is 11.7 Å². The summed E-state index contributed by atoms with van der Waals surface area (Å²) in [6, 6.07) is 2.95. The van der Waals surface area contributed by atoms with Gasteiger partial charge in [-0.15, -0.1) is 0 Å². The van der Waals surface area contributed by atoms with Gasteiger partial charge in [-0.3, -0.25) is 0 Å². The minimum absolute atomic E-state index is 0.234. The Hall–Kier alpha value is -1.09. The quantitative estimate of drug-likeness (QED) is 0.637. The van der Waals surface area contributed by atoms with E-state index in [-0.39, 0.29) is 12.4 Å². The second-order valence-corrected chi connectivity index (χ2v) is 2.97. The van der Waals surface area contributed by atoms with Crippen molar-refractivity contribution in [2.45, 2.75) is 13.0 Å². The second kappa shape index (κ2) is 2.45. The van der Waals surface area contributed by atoms with E-state index in [1.54, 1.807) is 13.0 Å². The number of halogens is 1. The summed E-state index contributed by atoms with van der Waals surface area (Å²) in [5, 5.41) is 9.35. The summed E-state index contributed by atoms with van der Waals surface area (Å²) < 4.78 is 18.0. The molecule has 0 bridgehead atoms. The molecule has 1 N–H and O–H groups in total. The smallest absolute Gasteiger partial charge is 0.129 e. The van der Waals surface area contributed by atoms with Crippen molar-refractivity contribution in [2.75, 3.05) is 6.61 Å². The Kier molecular flexibility index (Phi) is 1.54. The Balaban J connectivity index is 2.56. The molecule has 0 spiro atoms. The average Bonchev–Trinajstić information content (AvgIpc) is 2.35. The van der Waals surface area contributed by atoms with Crippen LogP contribution in [0, 0.1) is 12.7 Å². The van der Waals surface area contributed by atoms with E-state index in [0.29, 0.717) is 16.9 Å².